The molecule has 0 bridgehead atoms. The molecule has 1 aromatic carbocycles. The number of fused-ring (bicyclic) bond motifs is 1. The molecule has 0 radical (unpaired) electrons. The van der Waals surface area contributed by atoms with E-state index >= 15 is 0 Å². The monoisotopic (exact) mass is 230 g/mol. The largest absolute Gasteiger partial charge is 0.406 e. The number of benzene rings is 1. The van der Waals surface area contributed by atoms with Crippen LogP contribution in [0.2, 0.25) is 0 Å². The van der Waals surface area contributed by atoms with Crippen LogP contribution in [0.5, 0.6) is 0 Å². The van der Waals surface area contributed by atoms with Crippen LogP contribution in [0.4, 0.5) is 0 Å². The lowest BCUT2D eigenvalue weighted by Gasteiger charge is -2.13. The van der Waals surface area contributed by atoms with E-state index in [0.717, 1.165) is 24.9 Å². The fourth-order valence-corrected chi connectivity index (χ4v) is 2.13. The third kappa shape index (κ3) is 1.91. The second kappa shape index (κ2) is 4.22. The van der Waals surface area contributed by atoms with E-state index in [0.29, 0.717) is 5.39 Å². The van der Waals surface area contributed by atoms with E-state index in [2.05, 4.69) is 5.32 Å². The predicted octanol–water partition coefficient (Wildman–Crippen LogP) is 0.792. The fraction of sp³-hybridized carbons (Fsp3) is 0.308. The summed E-state index contributed by atoms with van der Waals surface area (Å²) in [7, 11) is 0. The lowest BCUT2D eigenvalue weighted by atomic mass is 10.2. The lowest BCUT2D eigenvalue weighted by molar-refractivity contribution is 0.0435. The normalized spacial score (nSPS) is 19.6. The van der Waals surface area contributed by atoms with E-state index in [4.69, 9.17) is 4.84 Å². The second-order valence-electron chi connectivity index (χ2n) is 4.25. The van der Waals surface area contributed by atoms with E-state index in [9.17, 15) is 4.79 Å². The zero-order valence-corrected chi connectivity index (χ0v) is 9.43. The minimum atomic E-state index is -0.0880. The molecule has 1 saturated heterocycles. The molecule has 4 nitrogen and oxygen atoms in total. The Hall–Kier alpha value is -1.81. The molecule has 0 spiro atoms. The molecule has 1 fully saturated rings. The molecular formula is C13H14N2O2. The topological polar surface area (TPSA) is 43.3 Å². The number of hydrogen-bond acceptors (Lipinski definition) is 3. The number of nitrogens with zero attached hydrogens (tertiary/aromatic N) is 1. The van der Waals surface area contributed by atoms with Crippen LogP contribution in [0.15, 0.2) is 41.3 Å². The van der Waals surface area contributed by atoms with Gasteiger partial charge < -0.3 is 10.2 Å². The van der Waals surface area contributed by atoms with Crippen LogP contribution in [0.1, 0.15) is 6.42 Å². The highest BCUT2D eigenvalue weighted by atomic mass is 16.7. The van der Waals surface area contributed by atoms with Crippen molar-refractivity contribution in [3.8, 4) is 0 Å². The van der Waals surface area contributed by atoms with Crippen molar-refractivity contribution >= 4 is 10.8 Å². The SMILES string of the molecule is O=c1c2ccccc2ccn1O[C@@H]1CCNC1. The zero-order chi connectivity index (χ0) is 11.7. The first-order chi connectivity index (χ1) is 8.34. The Labute approximate surface area is 98.8 Å². The molecule has 3 rings (SSSR count). The lowest BCUT2D eigenvalue weighted by Crippen LogP contribution is -2.34. The first kappa shape index (κ1) is 10.4. The number of nitrogens with one attached hydrogen (secondary N) is 1. The number of hydrogen-bond donors (Lipinski definition) is 1. The molecule has 0 amide bonds. The van der Waals surface area contributed by atoms with Crippen LogP contribution in [0, 0.1) is 0 Å². The van der Waals surface area contributed by atoms with Crippen LogP contribution in [0.3, 0.4) is 0 Å². The van der Waals surface area contributed by atoms with Gasteiger partial charge in [0.1, 0.15) is 6.10 Å². The fourth-order valence-electron chi connectivity index (χ4n) is 2.13. The van der Waals surface area contributed by atoms with Crippen molar-refractivity contribution in [1.29, 1.82) is 0 Å². The molecule has 0 saturated carbocycles. The van der Waals surface area contributed by atoms with E-state index in [-0.39, 0.29) is 11.7 Å². The van der Waals surface area contributed by atoms with Crippen molar-refractivity contribution in [3.63, 3.8) is 0 Å². The molecule has 1 atom stereocenters. The first-order valence-corrected chi connectivity index (χ1v) is 5.83. The van der Waals surface area contributed by atoms with Gasteiger partial charge in [0.2, 0.25) is 0 Å². The molecule has 4 heteroatoms. The van der Waals surface area contributed by atoms with E-state index in [1.165, 1.54) is 4.73 Å². The summed E-state index contributed by atoms with van der Waals surface area (Å²) in [5.41, 5.74) is -0.0880. The Balaban J connectivity index is 1.99. The quantitative estimate of drug-likeness (QED) is 0.829. The van der Waals surface area contributed by atoms with Crippen LogP contribution in [0.25, 0.3) is 10.8 Å². The van der Waals surface area contributed by atoms with Gasteiger partial charge >= 0.3 is 0 Å². The standard InChI is InChI=1S/C13H14N2O2/c16-13-12-4-2-1-3-10(12)6-8-15(13)17-11-5-7-14-9-11/h1-4,6,8,11,14H,5,7,9H2/t11-/m1/s1. The minimum Gasteiger partial charge on any atom is -0.406 e. The summed E-state index contributed by atoms with van der Waals surface area (Å²) in [6.07, 6.45) is 2.73. The second-order valence-corrected chi connectivity index (χ2v) is 4.25. The molecule has 1 aromatic heterocycles. The molecule has 17 heavy (non-hydrogen) atoms. The summed E-state index contributed by atoms with van der Waals surface area (Å²) in [5.74, 6) is 0. The summed E-state index contributed by atoms with van der Waals surface area (Å²) in [6.45, 7) is 1.76. The smallest absolute Gasteiger partial charge is 0.290 e. The van der Waals surface area contributed by atoms with Gasteiger partial charge in [0, 0.05) is 19.2 Å². The minimum absolute atomic E-state index is 0.0880. The van der Waals surface area contributed by atoms with Crippen LogP contribution >= 0.6 is 0 Å². The van der Waals surface area contributed by atoms with Crippen molar-refractivity contribution in [2.75, 3.05) is 13.1 Å². The van der Waals surface area contributed by atoms with Crippen LogP contribution in [-0.2, 0) is 0 Å². The summed E-state index contributed by atoms with van der Waals surface area (Å²) in [5, 5.41) is 4.85. The predicted molar refractivity (Wildman–Crippen MR) is 66.1 cm³/mol. The van der Waals surface area contributed by atoms with E-state index in [1.54, 1.807) is 6.20 Å². The molecular weight excluding hydrogens is 216 g/mol. The average molecular weight is 230 g/mol. The van der Waals surface area contributed by atoms with Gasteiger partial charge in [-0.1, -0.05) is 18.2 Å². The van der Waals surface area contributed by atoms with Gasteiger partial charge in [-0.3, -0.25) is 4.79 Å². The summed E-state index contributed by atoms with van der Waals surface area (Å²) >= 11 is 0. The van der Waals surface area contributed by atoms with Crippen molar-refractivity contribution in [2.24, 2.45) is 0 Å². The third-order valence-electron chi connectivity index (χ3n) is 3.06. The maximum absolute atomic E-state index is 12.1. The summed E-state index contributed by atoms with van der Waals surface area (Å²) < 4.78 is 1.35. The Morgan fingerprint density at radius 3 is 3.00 bits per heavy atom. The molecule has 2 aromatic rings. The molecule has 2 heterocycles. The molecule has 0 unspecified atom stereocenters. The van der Waals surface area contributed by atoms with Gasteiger partial charge in [-0.15, -0.1) is 0 Å². The van der Waals surface area contributed by atoms with Crippen molar-refractivity contribution in [2.45, 2.75) is 12.5 Å². The molecule has 88 valence electrons. The zero-order valence-electron chi connectivity index (χ0n) is 9.43. The Morgan fingerprint density at radius 1 is 1.29 bits per heavy atom. The Bertz CT molecular complexity index is 585. The maximum Gasteiger partial charge on any atom is 0.290 e. The number of rotatable bonds is 2. The Morgan fingerprint density at radius 2 is 2.18 bits per heavy atom. The third-order valence-corrected chi connectivity index (χ3v) is 3.06. The first-order valence-electron chi connectivity index (χ1n) is 5.83. The van der Waals surface area contributed by atoms with Crippen molar-refractivity contribution in [1.82, 2.24) is 10.0 Å². The van der Waals surface area contributed by atoms with Gasteiger partial charge in [0.25, 0.3) is 5.56 Å². The maximum atomic E-state index is 12.1. The highest BCUT2D eigenvalue weighted by molar-refractivity contribution is 5.81. The van der Waals surface area contributed by atoms with Gasteiger partial charge in [-0.05, 0) is 24.1 Å². The highest BCUT2D eigenvalue weighted by Gasteiger charge is 2.17. The van der Waals surface area contributed by atoms with Crippen LogP contribution in [-0.4, -0.2) is 23.9 Å². The summed E-state index contributed by atoms with van der Waals surface area (Å²) in [6, 6.07) is 9.45. The Kier molecular flexibility index (Phi) is 2.57. The van der Waals surface area contributed by atoms with Gasteiger partial charge in [0.05, 0.1) is 5.39 Å². The summed E-state index contributed by atoms with van der Waals surface area (Å²) in [4.78, 5) is 17.8. The number of aromatic nitrogens is 1. The molecule has 1 aliphatic rings. The molecule has 1 N–H and O–H groups in total. The molecule has 1 aliphatic heterocycles. The van der Waals surface area contributed by atoms with Gasteiger partial charge in [-0.2, -0.15) is 4.73 Å². The van der Waals surface area contributed by atoms with Gasteiger partial charge in [-0.25, -0.2) is 0 Å². The van der Waals surface area contributed by atoms with E-state index < -0.39 is 0 Å². The molecule has 0 aliphatic carbocycles. The van der Waals surface area contributed by atoms with E-state index in [1.807, 2.05) is 30.3 Å². The van der Waals surface area contributed by atoms with Crippen LogP contribution < -0.4 is 15.7 Å². The van der Waals surface area contributed by atoms with Crippen molar-refractivity contribution in [3.05, 3.63) is 46.9 Å². The van der Waals surface area contributed by atoms with Gasteiger partial charge in [0.15, 0.2) is 0 Å². The van der Waals surface area contributed by atoms with Crippen molar-refractivity contribution < 1.29 is 4.84 Å². The average Bonchev–Trinajstić information content (AvgIpc) is 2.86. The number of pyridine rings is 1. The highest BCUT2D eigenvalue weighted by Crippen LogP contribution is 2.08.